The fourth-order valence-corrected chi connectivity index (χ4v) is 1.88. The Morgan fingerprint density at radius 1 is 0.826 bits per heavy atom. The van der Waals surface area contributed by atoms with E-state index >= 15 is 0 Å². The third-order valence-corrected chi connectivity index (χ3v) is 2.89. The fourth-order valence-electron chi connectivity index (χ4n) is 1.88. The summed E-state index contributed by atoms with van der Waals surface area (Å²) >= 11 is 0. The lowest BCUT2D eigenvalue weighted by atomic mass is 9.98. The largest absolute Gasteiger partial charge is 0.457 e. The highest BCUT2D eigenvalue weighted by molar-refractivity contribution is 5.43. The number of benzene rings is 2. The highest BCUT2D eigenvalue weighted by atomic mass is 19.4. The molecule has 0 radical (unpaired) electrons. The zero-order valence-corrected chi connectivity index (χ0v) is 11.4. The second kappa shape index (κ2) is 6.02. The van der Waals surface area contributed by atoms with E-state index in [0.717, 1.165) is 12.1 Å². The minimum absolute atomic E-state index is 0.0587. The molecule has 0 saturated heterocycles. The molecule has 0 aliphatic heterocycles. The molecule has 0 atom stereocenters. The monoisotopic (exact) mass is 336 g/mol. The van der Waals surface area contributed by atoms with Crippen LogP contribution < -0.4 is 10.5 Å². The van der Waals surface area contributed by atoms with Gasteiger partial charge in [-0.05, 0) is 42.0 Å². The molecule has 0 aliphatic carbocycles. The van der Waals surface area contributed by atoms with Crippen molar-refractivity contribution in [2.45, 2.75) is 18.3 Å². The van der Waals surface area contributed by atoms with E-state index in [2.05, 4.69) is 0 Å². The SMILES string of the molecule is [2H]c1cc(Oc2ccc(N)cc2)ccc1C(C(F)(F)F)C(F)(F)F. The Bertz CT molecular complexity index is 697. The van der Waals surface area contributed by atoms with Crippen molar-refractivity contribution in [3.63, 3.8) is 0 Å². The molecule has 0 aromatic heterocycles. The van der Waals surface area contributed by atoms with Gasteiger partial charge in [0, 0.05) is 5.69 Å². The Morgan fingerprint density at radius 3 is 1.78 bits per heavy atom. The van der Waals surface area contributed by atoms with Crippen LogP contribution in [0.15, 0.2) is 48.5 Å². The Balaban J connectivity index is 2.33. The number of anilines is 1. The number of nitrogens with two attached hydrogens (primary N) is 1. The predicted molar refractivity (Wildman–Crippen MR) is 72.2 cm³/mol. The lowest BCUT2D eigenvalue weighted by Gasteiger charge is -2.23. The van der Waals surface area contributed by atoms with Crippen molar-refractivity contribution in [1.29, 1.82) is 0 Å². The highest BCUT2D eigenvalue weighted by Crippen LogP contribution is 2.46. The smallest absolute Gasteiger partial charge is 0.404 e. The number of hydrogen-bond acceptors (Lipinski definition) is 2. The summed E-state index contributed by atoms with van der Waals surface area (Å²) in [6.45, 7) is 0. The van der Waals surface area contributed by atoms with E-state index in [1.54, 1.807) is 0 Å². The minimum Gasteiger partial charge on any atom is -0.457 e. The molecule has 23 heavy (non-hydrogen) atoms. The third-order valence-electron chi connectivity index (χ3n) is 2.89. The summed E-state index contributed by atoms with van der Waals surface area (Å²) in [5.74, 6) is -3.50. The van der Waals surface area contributed by atoms with Crippen LogP contribution in [0.25, 0.3) is 0 Å². The number of alkyl halides is 6. The van der Waals surface area contributed by atoms with Crippen molar-refractivity contribution in [2.24, 2.45) is 0 Å². The van der Waals surface area contributed by atoms with Gasteiger partial charge in [0.05, 0.1) is 1.37 Å². The minimum atomic E-state index is -5.55. The summed E-state index contributed by atoms with van der Waals surface area (Å²) in [7, 11) is 0. The second-order valence-corrected chi connectivity index (χ2v) is 4.67. The van der Waals surface area contributed by atoms with Gasteiger partial charge in [-0.15, -0.1) is 0 Å². The molecular formula is C15H11F6NO. The van der Waals surface area contributed by atoms with E-state index in [-0.39, 0.29) is 11.5 Å². The summed E-state index contributed by atoms with van der Waals surface area (Å²) < 4.78 is 89.1. The summed E-state index contributed by atoms with van der Waals surface area (Å²) in [6.07, 6.45) is -11.1. The van der Waals surface area contributed by atoms with E-state index in [1.807, 2.05) is 0 Å². The quantitative estimate of drug-likeness (QED) is 0.612. The van der Waals surface area contributed by atoms with Crippen molar-refractivity contribution < 1.29 is 32.5 Å². The van der Waals surface area contributed by atoms with E-state index in [9.17, 15) is 26.3 Å². The van der Waals surface area contributed by atoms with Gasteiger partial charge in [-0.3, -0.25) is 0 Å². The van der Waals surface area contributed by atoms with Gasteiger partial charge < -0.3 is 10.5 Å². The molecule has 0 amide bonds. The van der Waals surface area contributed by atoms with Crippen LogP contribution in [0.2, 0.25) is 0 Å². The highest BCUT2D eigenvalue weighted by Gasteiger charge is 2.57. The predicted octanol–water partition coefficient (Wildman–Crippen LogP) is 5.27. The van der Waals surface area contributed by atoms with Gasteiger partial charge in [0.15, 0.2) is 5.92 Å². The maximum Gasteiger partial charge on any atom is 0.404 e. The van der Waals surface area contributed by atoms with Crippen LogP contribution in [0.5, 0.6) is 11.5 Å². The van der Waals surface area contributed by atoms with Crippen molar-refractivity contribution >= 4 is 5.69 Å². The van der Waals surface area contributed by atoms with Gasteiger partial charge in [-0.25, -0.2) is 0 Å². The molecule has 0 heterocycles. The van der Waals surface area contributed by atoms with Gasteiger partial charge in [0.25, 0.3) is 0 Å². The molecule has 0 aliphatic rings. The molecule has 0 bridgehead atoms. The topological polar surface area (TPSA) is 35.2 Å². The first-order chi connectivity index (χ1) is 11.0. The van der Waals surface area contributed by atoms with Gasteiger partial charge >= 0.3 is 12.4 Å². The molecule has 8 heteroatoms. The second-order valence-electron chi connectivity index (χ2n) is 4.67. The molecular weight excluding hydrogens is 324 g/mol. The van der Waals surface area contributed by atoms with E-state index in [4.69, 9.17) is 11.8 Å². The normalized spacial score (nSPS) is 13.1. The fraction of sp³-hybridized carbons (Fsp3) is 0.200. The first-order valence-electron chi connectivity index (χ1n) is 6.76. The first-order valence-corrected chi connectivity index (χ1v) is 6.26. The van der Waals surface area contributed by atoms with Crippen LogP contribution in [0.1, 0.15) is 12.9 Å². The van der Waals surface area contributed by atoms with Gasteiger partial charge in [0.1, 0.15) is 11.5 Å². The number of hydrogen-bond donors (Lipinski definition) is 1. The average molecular weight is 336 g/mol. The molecule has 2 aromatic carbocycles. The first kappa shape index (κ1) is 15.5. The number of nitrogen functional groups attached to an aromatic ring is 1. The number of rotatable bonds is 3. The maximum atomic E-state index is 12.7. The lowest BCUT2D eigenvalue weighted by molar-refractivity contribution is -0.253. The van der Waals surface area contributed by atoms with Crippen LogP contribution >= 0.6 is 0 Å². The average Bonchev–Trinajstić information content (AvgIpc) is 2.41. The summed E-state index contributed by atoms with van der Waals surface area (Å²) in [5, 5.41) is 0. The molecule has 0 spiro atoms. The van der Waals surface area contributed by atoms with Crippen molar-refractivity contribution in [2.75, 3.05) is 5.73 Å². The molecule has 2 aromatic rings. The number of halogens is 6. The summed E-state index contributed by atoms with van der Waals surface area (Å²) in [4.78, 5) is 0. The zero-order chi connectivity index (χ0) is 18.1. The molecule has 124 valence electrons. The van der Waals surface area contributed by atoms with Crippen LogP contribution in [0.3, 0.4) is 0 Å². The van der Waals surface area contributed by atoms with Gasteiger partial charge in [-0.2, -0.15) is 26.3 Å². The van der Waals surface area contributed by atoms with E-state index < -0.39 is 29.9 Å². The maximum absolute atomic E-state index is 12.7. The Hall–Kier alpha value is -2.38. The van der Waals surface area contributed by atoms with E-state index in [1.165, 1.54) is 24.3 Å². The third kappa shape index (κ3) is 4.30. The van der Waals surface area contributed by atoms with E-state index in [0.29, 0.717) is 11.8 Å². The Kier molecular flexibility index (Phi) is 4.06. The standard InChI is InChI=1S/C15H11F6NO/c16-14(17,18)13(15(19,20)21)9-1-5-11(6-2-9)23-12-7-3-10(22)4-8-12/h1-8,13H,22H2/i1D. The van der Waals surface area contributed by atoms with Crippen molar-refractivity contribution in [1.82, 2.24) is 0 Å². The van der Waals surface area contributed by atoms with Crippen molar-refractivity contribution in [3.05, 3.63) is 54.1 Å². The van der Waals surface area contributed by atoms with Gasteiger partial charge in [-0.1, -0.05) is 12.1 Å². The molecule has 2 nitrogen and oxygen atoms in total. The summed E-state index contributed by atoms with van der Waals surface area (Å²) in [5.41, 5.74) is 4.75. The van der Waals surface area contributed by atoms with Crippen LogP contribution in [0, 0.1) is 0 Å². The number of ether oxygens (including phenoxy) is 1. The molecule has 2 N–H and O–H groups in total. The lowest BCUT2D eigenvalue weighted by Crippen LogP contribution is -2.34. The Morgan fingerprint density at radius 2 is 1.30 bits per heavy atom. The zero-order valence-electron chi connectivity index (χ0n) is 12.4. The molecule has 2 rings (SSSR count). The van der Waals surface area contributed by atoms with Gasteiger partial charge in [0.2, 0.25) is 0 Å². The molecule has 0 fully saturated rings. The van der Waals surface area contributed by atoms with Crippen molar-refractivity contribution in [3.8, 4) is 11.5 Å². The molecule has 0 unspecified atom stereocenters. The van der Waals surface area contributed by atoms with Crippen LogP contribution in [0.4, 0.5) is 32.0 Å². The van der Waals surface area contributed by atoms with Crippen LogP contribution in [-0.2, 0) is 0 Å². The summed E-state index contributed by atoms with van der Waals surface area (Å²) in [6, 6.07) is 7.40. The Labute approximate surface area is 128 Å². The van der Waals surface area contributed by atoms with Crippen LogP contribution in [-0.4, -0.2) is 12.4 Å². The molecule has 0 saturated carbocycles.